The van der Waals surface area contributed by atoms with Crippen LogP contribution in [0.25, 0.3) is 5.52 Å². The number of nitrogens with one attached hydrogen (secondary N) is 2. The summed E-state index contributed by atoms with van der Waals surface area (Å²) in [6.07, 6.45) is 14.4. The van der Waals surface area contributed by atoms with E-state index < -0.39 is 5.91 Å². The molecule has 10 heteroatoms. The molecule has 168 valence electrons. The van der Waals surface area contributed by atoms with E-state index in [1.807, 2.05) is 12.5 Å². The molecule has 1 fully saturated rings. The molecule has 4 rings (SSSR count). The number of thioether (sulfide) groups is 1. The highest BCUT2D eigenvalue weighted by Gasteiger charge is 2.16. The lowest BCUT2D eigenvalue weighted by molar-refractivity contribution is 0.0999. The summed E-state index contributed by atoms with van der Waals surface area (Å²) in [6.45, 7) is 1.75. The van der Waals surface area contributed by atoms with Gasteiger partial charge in [0.05, 0.1) is 11.7 Å². The Hall–Kier alpha value is -2.85. The number of fused-ring (bicyclic) bond motifs is 1. The molecule has 0 saturated heterocycles. The highest BCUT2D eigenvalue weighted by Crippen LogP contribution is 2.23. The number of aryl methyl sites for hydroxylation is 1. The van der Waals surface area contributed by atoms with Gasteiger partial charge in [-0.05, 0) is 50.0 Å². The first-order valence-electron chi connectivity index (χ1n) is 10.0. The Morgan fingerprint density at radius 3 is 2.55 bits per heavy atom. The molecule has 9 nitrogen and oxygen atoms in total. The number of aromatic nitrogens is 4. The SMILES string of the molecule is CSC.Cc1c(C(N)=O)cn2ncnc(Nc3ccc[nH]c3=O)c12.OC1CCCCC1. The van der Waals surface area contributed by atoms with E-state index in [9.17, 15) is 9.59 Å². The summed E-state index contributed by atoms with van der Waals surface area (Å²) in [5, 5.41) is 15.9. The molecule has 5 N–H and O–H groups in total. The molecular formula is C21H30N6O3S. The fraction of sp³-hybridized carbons (Fsp3) is 0.429. The minimum Gasteiger partial charge on any atom is -0.393 e. The number of aliphatic hydroxyl groups excluding tert-OH is 1. The van der Waals surface area contributed by atoms with Gasteiger partial charge in [0, 0.05) is 12.4 Å². The number of rotatable bonds is 3. The van der Waals surface area contributed by atoms with Crippen molar-refractivity contribution >= 4 is 34.7 Å². The maximum absolute atomic E-state index is 11.7. The second-order valence-corrected chi connectivity index (χ2v) is 7.99. The quantitative estimate of drug-likeness (QED) is 0.485. The summed E-state index contributed by atoms with van der Waals surface area (Å²) in [7, 11) is 0. The largest absolute Gasteiger partial charge is 0.393 e. The fourth-order valence-electron chi connectivity index (χ4n) is 3.23. The number of nitrogens with zero attached hydrogens (tertiary/aromatic N) is 3. The molecule has 1 aliphatic rings. The zero-order valence-electron chi connectivity index (χ0n) is 18.1. The van der Waals surface area contributed by atoms with Crippen molar-refractivity contribution in [3.8, 4) is 0 Å². The molecule has 0 spiro atoms. The third-order valence-electron chi connectivity index (χ3n) is 4.74. The number of hydrogen-bond acceptors (Lipinski definition) is 7. The summed E-state index contributed by atoms with van der Waals surface area (Å²) < 4.78 is 1.50. The molecule has 0 unspecified atom stereocenters. The minimum absolute atomic E-state index is 0.0359. The number of anilines is 2. The number of carbonyl (C=O) groups is 1. The van der Waals surface area contributed by atoms with Crippen molar-refractivity contribution in [1.29, 1.82) is 0 Å². The number of nitrogens with two attached hydrogens (primary N) is 1. The molecule has 1 amide bonds. The Bertz CT molecular complexity index is 1040. The Kier molecular flexibility index (Phi) is 9.54. The minimum atomic E-state index is -0.540. The summed E-state index contributed by atoms with van der Waals surface area (Å²) in [5.74, 6) is -0.117. The summed E-state index contributed by atoms with van der Waals surface area (Å²) >= 11 is 1.75. The monoisotopic (exact) mass is 446 g/mol. The average molecular weight is 447 g/mol. The maximum atomic E-state index is 11.7. The molecule has 31 heavy (non-hydrogen) atoms. The number of amides is 1. The molecule has 3 aromatic heterocycles. The van der Waals surface area contributed by atoms with Gasteiger partial charge < -0.3 is 21.1 Å². The van der Waals surface area contributed by atoms with Crippen molar-refractivity contribution in [3.63, 3.8) is 0 Å². The number of H-pyrrole nitrogens is 1. The van der Waals surface area contributed by atoms with Crippen LogP contribution in [0.15, 0.2) is 35.6 Å². The average Bonchev–Trinajstić information content (AvgIpc) is 3.09. The Labute approximate surface area is 185 Å². The number of carbonyl (C=O) groups excluding carboxylic acids is 1. The third-order valence-corrected chi connectivity index (χ3v) is 4.74. The highest BCUT2D eigenvalue weighted by atomic mass is 32.2. The van der Waals surface area contributed by atoms with Crippen LogP contribution in [0, 0.1) is 6.92 Å². The molecule has 3 aromatic rings. The number of primary amides is 1. The van der Waals surface area contributed by atoms with Gasteiger partial charge in [-0.1, -0.05) is 19.3 Å². The second-order valence-electron chi connectivity index (χ2n) is 7.17. The predicted octanol–water partition coefficient (Wildman–Crippen LogP) is 2.86. The lowest BCUT2D eigenvalue weighted by Gasteiger charge is -2.14. The van der Waals surface area contributed by atoms with Crippen LogP contribution in [0.1, 0.15) is 48.0 Å². The zero-order chi connectivity index (χ0) is 22.8. The molecular weight excluding hydrogens is 416 g/mol. The van der Waals surface area contributed by atoms with Gasteiger partial charge in [-0.3, -0.25) is 9.59 Å². The Morgan fingerprint density at radius 2 is 2.00 bits per heavy atom. The lowest BCUT2D eigenvalue weighted by atomic mass is 9.98. The van der Waals surface area contributed by atoms with Crippen molar-refractivity contribution in [3.05, 3.63) is 52.3 Å². The van der Waals surface area contributed by atoms with E-state index in [0.717, 1.165) is 12.8 Å². The fourth-order valence-corrected chi connectivity index (χ4v) is 3.23. The lowest BCUT2D eigenvalue weighted by Crippen LogP contribution is -2.12. The van der Waals surface area contributed by atoms with Crippen LogP contribution >= 0.6 is 11.8 Å². The van der Waals surface area contributed by atoms with E-state index in [2.05, 4.69) is 20.4 Å². The number of hydrogen-bond donors (Lipinski definition) is 4. The number of aliphatic hydroxyl groups is 1. The molecule has 1 saturated carbocycles. The smallest absolute Gasteiger partial charge is 0.271 e. The number of pyridine rings is 1. The normalized spacial score (nSPS) is 13.5. The van der Waals surface area contributed by atoms with Crippen LogP contribution in [0.5, 0.6) is 0 Å². The van der Waals surface area contributed by atoms with E-state index in [4.69, 9.17) is 10.8 Å². The van der Waals surface area contributed by atoms with E-state index in [-0.39, 0.29) is 11.7 Å². The molecule has 0 aliphatic heterocycles. The van der Waals surface area contributed by atoms with Crippen molar-refractivity contribution in [1.82, 2.24) is 19.6 Å². The first-order chi connectivity index (χ1) is 14.9. The summed E-state index contributed by atoms with van der Waals surface area (Å²) in [5.41, 5.74) is 7.01. The molecule has 0 aromatic carbocycles. The van der Waals surface area contributed by atoms with Crippen LogP contribution in [0.2, 0.25) is 0 Å². The molecule has 0 atom stereocenters. The van der Waals surface area contributed by atoms with Gasteiger partial charge in [-0.25, -0.2) is 9.50 Å². The van der Waals surface area contributed by atoms with Gasteiger partial charge in [-0.15, -0.1) is 0 Å². The van der Waals surface area contributed by atoms with Crippen molar-refractivity contribution in [2.75, 3.05) is 17.8 Å². The number of aromatic amines is 1. The van der Waals surface area contributed by atoms with E-state index in [0.29, 0.717) is 28.1 Å². The van der Waals surface area contributed by atoms with Crippen molar-refractivity contribution in [2.24, 2.45) is 5.73 Å². The molecule has 3 heterocycles. The second kappa shape index (κ2) is 12.1. The first-order valence-corrected chi connectivity index (χ1v) is 11.7. The standard InChI is InChI=1S/C13H12N6O2.C6H12O.C2H6S/c1-7-8(11(14)20)5-19-10(7)12(16-6-17-19)18-9-3-2-4-15-13(9)21;7-6-4-2-1-3-5-6;1-3-2/h2-6H,1H3,(H2,14,20)(H,15,21)(H,16,17,18);6-7H,1-5H2;1-2H3. The van der Waals surface area contributed by atoms with E-state index >= 15 is 0 Å². The van der Waals surface area contributed by atoms with Crippen molar-refractivity contribution < 1.29 is 9.90 Å². The summed E-state index contributed by atoms with van der Waals surface area (Å²) in [4.78, 5) is 29.8. The van der Waals surface area contributed by atoms with Gasteiger partial charge in [0.25, 0.3) is 11.5 Å². The van der Waals surface area contributed by atoms with Crippen LogP contribution in [-0.2, 0) is 0 Å². The van der Waals surface area contributed by atoms with Crippen LogP contribution < -0.4 is 16.6 Å². The van der Waals surface area contributed by atoms with Gasteiger partial charge in [0.1, 0.15) is 17.5 Å². The van der Waals surface area contributed by atoms with E-state index in [1.54, 1.807) is 30.8 Å². The topological polar surface area (TPSA) is 138 Å². The van der Waals surface area contributed by atoms with Crippen molar-refractivity contribution in [2.45, 2.75) is 45.1 Å². The van der Waals surface area contributed by atoms with E-state index in [1.165, 1.54) is 42.5 Å². The first kappa shape index (κ1) is 24.4. The van der Waals surface area contributed by atoms with Crippen LogP contribution in [0.3, 0.4) is 0 Å². The maximum Gasteiger partial charge on any atom is 0.271 e. The summed E-state index contributed by atoms with van der Waals surface area (Å²) in [6, 6.07) is 3.33. The van der Waals surface area contributed by atoms with Gasteiger partial charge >= 0.3 is 0 Å². The van der Waals surface area contributed by atoms with Gasteiger partial charge in [-0.2, -0.15) is 16.9 Å². The molecule has 0 bridgehead atoms. The van der Waals surface area contributed by atoms with Gasteiger partial charge in [0.15, 0.2) is 5.82 Å². The Morgan fingerprint density at radius 1 is 1.32 bits per heavy atom. The van der Waals surface area contributed by atoms with Gasteiger partial charge in [0.2, 0.25) is 0 Å². The predicted molar refractivity (Wildman–Crippen MR) is 125 cm³/mol. The third kappa shape index (κ3) is 6.83. The Balaban J connectivity index is 0.000000284. The molecule has 1 aliphatic carbocycles. The van der Waals surface area contributed by atoms with Crippen LogP contribution in [-0.4, -0.2) is 49.2 Å². The van der Waals surface area contributed by atoms with Crippen LogP contribution in [0.4, 0.5) is 11.5 Å². The molecule has 0 radical (unpaired) electrons. The highest BCUT2D eigenvalue weighted by molar-refractivity contribution is 7.97. The zero-order valence-corrected chi connectivity index (χ0v) is 18.9.